The Bertz CT molecular complexity index is 901. The van der Waals surface area contributed by atoms with E-state index >= 15 is 0 Å². The monoisotopic (exact) mass is 377 g/mol. The molecule has 5 heteroatoms. The van der Waals surface area contributed by atoms with Crippen molar-refractivity contribution >= 4 is 23.2 Å². The molecule has 1 atom stereocenters. The Morgan fingerprint density at radius 2 is 1.41 bits per heavy atom. The van der Waals surface area contributed by atoms with Crippen molar-refractivity contribution < 1.29 is 14.6 Å². The van der Waals surface area contributed by atoms with Crippen molar-refractivity contribution in [2.45, 2.75) is 12.1 Å². The fraction of sp³-hybridized carbons (Fsp3) is 0.0909. The second-order valence-corrected chi connectivity index (χ2v) is 6.42. The van der Waals surface area contributed by atoms with Gasteiger partial charge in [-0.25, -0.2) is 0 Å². The van der Waals surface area contributed by atoms with Crippen molar-refractivity contribution in [2.24, 2.45) is 0 Å². The van der Waals surface area contributed by atoms with E-state index in [1.54, 1.807) is 48.5 Å². The minimum Gasteiger partial charge on any atom is -0.445 e. The maximum absolute atomic E-state index is 12.6. The Kier molecular flexibility index (Phi) is 5.96. The van der Waals surface area contributed by atoms with Crippen LogP contribution >= 0.6 is 12.2 Å². The number of thiocarbonyl (C=S) groups is 1. The van der Waals surface area contributed by atoms with Crippen LogP contribution in [0.4, 0.5) is 0 Å². The van der Waals surface area contributed by atoms with E-state index in [4.69, 9.17) is 17.0 Å². The van der Waals surface area contributed by atoms with Gasteiger partial charge in [-0.15, -0.1) is 0 Å². The standard InChI is InChI=1S/C22H19NO3S/c24-20(18-12-6-2-7-13-18)23-22(25,16-17-10-4-1-5-11-17)21(27)26-19-14-8-3-9-15-19/h1-15,25H,16H2,(H,23,24)/t22-/m0/s1. The van der Waals surface area contributed by atoms with Crippen molar-refractivity contribution in [3.05, 3.63) is 102 Å². The number of benzene rings is 3. The smallest absolute Gasteiger partial charge is 0.253 e. The number of carbonyl (C=O) groups excluding carboxylic acids is 1. The van der Waals surface area contributed by atoms with Crippen LogP contribution in [-0.2, 0) is 6.42 Å². The van der Waals surface area contributed by atoms with Crippen LogP contribution in [-0.4, -0.2) is 21.8 Å². The number of nitrogens with one attached hydrogen (secondary N) is 1. The highest BCUT2D eigenvalue weighted by Gasteiger charge is 2.37. The summed E-state index contributed by atoms with van der Waals surface area (Å²) < 4.78 is 5.66. The molecule has 0 saturated carbocycles. The molecule has 0 aliphatic heterocycles. The van der Waals surface area contributed by atoms with Gasteiger partial charge in [0, 0.05) is 12.0 Å². The van der Waals surface area contributed by atoms with Gasteiger partial charge in [0.1, 0.15) is 5.75 Å². The topological polar surface area (TPSA) is 58.6 Å². The predicted octanol–water partition coefficient (Wildman–Crippen LogP) is 3.75. The molecule has 4 nitrogen and oxygen atoms in total. The fourth-order valence-electron chi connectivity index (χ4n) is 2.59. The van der Waals surface area contributed by atoms with E-state index in [2.05, 4.69) is 5.32 Å². The van der Waals surface area contributed by atoms with Gasteiger partial charge in [-0.05, 0) is 42.0 Å². The van der Waals surface area contributed by atoms with Gasteiger partial charge in [0.2, 0.25) is 10.8 Å². The normalized spacial score (nSPS) is 12.6. The van der Waals surface area contributed by atoms with Crippen LogP contribution in [0, 0.1) is 0 Å². The number of amides is 1. The summed E-state index contributed by atoms with van der Waals surface area (Å²) in [6.07, 6.45) is 0.0814. The average molecular weight is 377 g/mol. The van der Waals surface area contributed by atoms with Gasteiger partial charge < -0.3 is 15.2 Å². The van der Waals surface area contributed by atoms with E-state index in [1.165, 1.54) is 0 Å². The van der Waals surface area contributed by atoms with Gasteiger partial charge in [0.25, 0.3) is 5.91 Å². The minimum absolute atomic E-state index is 0.0814. The lowest BCUT2D eigenvalue weighted by molar-refractivity contribution is 0.0502. The predicted molar refractivity (Wildman–Crippen MR) is 109 cm³/mol. The van der Waals surface area contributed by atoms with Crippen molar-refractivity contribution in [2.75, 3.05) is 0 Å². The number of ether oxygens (including phenoxy) is 1. The lowest BCUT2D eigenvalue weighted by Gasteiger charge is -2.29. The van der Waals surface area contributed by atoms with E-state index in [1.807, 2.05) is 42.5 Å². The highest BCUT2D eigenvalue weighted by atomic mass is 32.1. The zero-order valence-electron chi connectivity index (χ0n) is 14.5. The first-order valence-electron chi connectivity index (χ1n) is 8.48. The van der Waals surface area contributed by atoms with Gasteiger partial charge in [-0.1, -0.05) is 66.7 Å². The Morgan fingerprint density at radius 3 is 2.00 bits per heavy atom. The van der Waals surface area contributed by atoms with E-state index < -0.39 is 11.6 Å². The molecule has 0 spiro atoms. The molecule has 3 aromatic carbocycles. The largest absolute Gasteiger partial charge is 0.445 e. The van der Waals surface area contributed by atoms with E-state index in [-0.39, 0.29) is 11.5 Å². The molecule has 0 saturated heterocycles. The van der Waals surface area contributed by atoms with Gasteiger partial charge in [0.05, 0.1) is 0 Å². The second kappa shape index (κ2) is 8.58. The summed E-state index contributed by atoms with van der Waals surface area (Å²) in [6, 6.07) is 26.9. The van der Waals surface area contributed by atoms with E-state index in [0.717, 1.165) is 5.56 Å². The molecule has 0 aromatic heterocycles. The highest BCUT2D eigenvalue weighted by Crippen LogP contribution is 2.19. The lowest BCUT2D eigenvalue weighted by Crippen LogP contribution is -2.57. The zero-order valence-corrected chi connectivity index (χ0v) is 15.4. The fourth-order valence-corrected chi connectivity index (χ4v) is 2.81. The maximum Gasteiger partial charge on any atom is 0.253 e. The number of aliphatic hydroxyl groups is 1. The summed E-state index contributed by atoms with van der Waals surface area (Å²) in [5.74, 6) is 0.0518. The molecule has 0 fully saturated rings. The molecule has 0 unspecified atom stereocenters. The van der Waals surface area contributed by atoms with Crippen molar-refractivity contribution in [1.82, 2.24) is 5.32 Å². The van der Waals surface area contributed by atoms with Crippen LogP contribution in [0.25, 0.3) is 0 Å². The molecule has 0 heterocycles. The first-order chi connectivity index (χ1) is 13.1. The molecule has 27 heavy (non-hydrogen) atoms. The number of hydrogen-bond donors (Lipinski definition) is 2. The molecule has 3 rings (SSSR count). The number of carbonyl (C=O) groups is 1. The first kappa shape index (κ1) is 18.8. The molecular formula is C22H19NO3S. The molecule has 3 aromatic rings. The summed E-state index contributed by atoms with van der Waals surface area (Å²) >= 11 is 5.35. The van der Waals surface area contributed by atoms with E-state index in [9.17, 15) is 9.90 Å². The van der Waals surface area contributed by atoms with Crippen molar-refractivity contribution in [1.29, 1.82) is 0 Å². The van der Waals surface area contributed by atoms with Gasteiger partial charge in [-0.2, -0.15) is 0 Å². The number of hydrogen-bond acceptors (Lipinski definition) is 4. The third kappa shape index (κ3) is 5.00. The zero-order chi connectivity index (χ0) is 19.1. The maximum atomic E-state index is 12.6. The molecule has 2 N–H and O–H groups in total. The van der Waals surface area contributed by atoms with Gasteiger partial charge in [0.15, 0.2) is 0 Å². The Labute approximate surface area is 163 Å². The summed E-state index contributed by atoms with van der Waals surface area (Å²) in [5, 5.41) is 13.7. The summed E-state index contributed by atoms with van der Waals surface area (Å²) in [7, 11) is 0. The van der Waals surface area contributed by atoms with Crippen molar-refractivity contribution in [3.8, 4) is 5.75 Å². The van der Waals surface area contributed by atoms with Gasteiger partial charge >= 0.3 is 0 Å². The first-order valence-corrected chi connectivity index (χ1v) is 8.89. The molecule has 0 bridgehead atoms. The summed E-state index contributed by atoms with van der Waals surface area (Å²) in [4.78, 5) is 12.6. The SMILES string of the molecule is O=C(N[C@](O)(Cc1ccccc1)C(=S)Oc1ccccc1)c1ccccc1. The van der Waals surface area contributed by atoms with E-state index in [0.29, 0.717) is 11.3 Å². The molecule has 0 aliphatic rings. The summed E-state index contributed by atoms with van der Waals surface area (Å²) in [5.41, 5.74) is -0.613. The number of rotatable bonds is 6. The van der Waals surface area contributed by atoms with Crippen LogP contribution < -0.4 is 10.1 Å². The summed E-state index contributed by atoms with van der Waals surface area (Å²) in [6.45, 7) is 0. The molecule has 0 radical (unpaired) electrons. The Hall–Kier alpha value is -3.02. The molecule has 0 aliphatic carbocycles. The van der Waals surface area contributed by atoms with Crippen LogP contribution in [0.2, 0.25) is 0 Å². The van der Waals surface area contributed by atoms with Crippen LogP contribution in [0.5, 0.6) is 5.75 Å². The van der Waals surface area contributed by atoms with Crippen molar-refractivity contribution in [3.63, 3.8) is 0 Å². The van der Waals surface area contributed by atoms with Crippen LogP contribution in [0.3, 0.4) is 0 Å². The Balaban J connectivity index is 1.85. The third-order valence-electron chi connectivity index (χ3n) is 3.95. The number of para-hydroxylation sites is 1. The van der Waals surface area contributed by atoms with Crippen LogP contribution in [0.15, 0.2) is 91.0 Å². The average Bonchev–Trinajstić information content (AvgIpc) is 2.70. The Morgan fingerprint density at radius 1 is 0.889 bits per heavy atom. The quantitative estimate of drug-likeness (QED) is 0.507. The molecule has 1 amide bonds. The van der Waals surface area contributed by atoms with Crippen LogP contribution in [0.1, 0.15) is 15.9 Å². The minimum atomic E-state index is -1.85. The highest BCUT2D eigenvalue weighted by molar-refractivity contribution is 7.80. The molecule has 136 valence electrons. The lowest BCUT2D eigenvalue weighted by atomic mass is 10.0. The second-order valence-electron chi connectivity index (χ2n) is 6.05. The van der Waals surface area contributed by atoms with Gasteiger partial charge in [-0.3, -0.25) is 4.79 Å². The third-order valence-corrected chi connectivity index (χ3v) is 4.37. The molecular weight excluding hydrogens is 358 g/mol.